The minimum atomic E-state index is -4.09. The van der Waals surface area contributed by atoms with E-state index in [0.717, 1.165) is 5.56 Å². The maximum Gasteiger partial charge on any atom is 0.243 e. The fourth-order valence-corrected chi connectivity index (χ4v) is 5.33. The monoisotopic (exact) mass is 546 g/mol. The van der Waals surface area contributed by atoms with Gasteiger partial charge in [-0.05, 0) is 51.8 Å². The molecule has 0 unspecified atom stereocenters. The molecular weight excluding hydrogens is 512 g/mol. The Morgan fingerprint density at radius 2 is 1.74 bits per heavy atom. The molecule has 38 heavy (non-hydrogen) atoms. The fraction of sp³-hybridized carbons (Fsp3) is 0.520. The van der Waals surface area contributed by atoms with Gasteiger partial charge in [-0.3, -0.25) is 9.29 Å². The number of benzene rings is 1. The van der Waals surface area contributed by atoms with Crippen molar-refractivity contribution in [3.8, 4) is 17.2 Å². The van der Waals surface area contributed by atoms with Gasteiger partial charge < -0.3 is 18.9 Å². The molecule has 1 saturated heterocycles. The lowest BCUT2D eigenvalue weighted by Gasteiger charge is -2.25. The van der Waals surface area contributed by atoms with E-state index in [1.165, 1.54) is 14.2 Å². The van der Waals surface area contributed by atoms with E-state index in [4.69, 9.17) is 18.9 Å². The normalized spacial score (nSPS) is 17.4. The highest BCUT2D eigenvalue weighted by Crippen LogP contribution is 2.38. The number of hydrogen-bond donors (Lipinski definition) is 1. The van der Waals surface area contributed by atoms with Crippen LogP contribution in [0.3, 0.4) is 0 Å². The Morgan fingerprint density at radius 1 is 1.08 bits per heavy atom. The van der Waals surface area contributed by atoms with Gasteiger partial charge in [0.2, 0.25) is 16.0 Å². The van der Waals surface area contributed by atoms with E-state index in [1.807, 2.05) is 20.8 Å². The number of nitrogens with zero attached hydrogens (tertiary/aromatic N) is 5. The number of nitrogens with one attached hydrogen (secondary N) is 1. The van der Waals surface area contributed by atoms with Gasteiger partial charge in [0.15, 0.2) is 5.82 Å². The third-order valence-corrected chi connectivity index (χ3v) is 7.93. The second kappa shape index (κ2) is 11.6. The number of sulfonamides is 1. The van der Waals surface area contributed by atoms with Gasteiger partial charge in [0, 0.05) is 24.9 Å². The molecule has 3 aromatic rings. The van der Waals surface area contributed by atoms with Crippen molar-refractivity contribution in [2.24, 2.45) is 0 Å². The first kappa shape index (κ1) is 27.7. The standard InChI is InChI=1S/C25H34N6O6S/c1-15(2)37-22(23-26-12-16(3)13-27-23)17(4)38(32,33)30-25-29-28-24(18-10-11-36-14-18)31(25)21-19(34-5)8-7-9-20(21)35-6/h7-9,12-13,15,17-18,22H,10-11,14H2,1-6H3,(H,29,30)/t17-,18+,22+/m0/s1. The number of hydrogen-bond acceptors (Lipinski definition) is 10. The predicted octanol–water partition coefficient (Wildman–Crippen LogP) is 3.18. The van der Waals surface area contributed by atoms with Crippen LogP contribution in [-0.2, 0) is 19.5 Å². The van der Waals surface area contributed by atoms with Crippen molar-refractivity contribution in [1.82, 2.24) is 24.7 Å². The van der Waals surface area contributed by atoms with Crippen LogP contribution in [0.1, 0.15) is 56.4 Å². The van der Waals surface area contributed by atoms with Gasteiger partial charge in [-0.2, -0.15) is 0 Å². The summed E-state index contributed by atoms with van der Waals surface area (Å²) in [7, 11) is -1.03. The summed E-state index contributed by atoms with van der Waals surface area (Å²) in [5.41, 5.74) is 1.33. The first-order valence-corrected chi connectivity index (χ1v) is 13.9. The molecule has 1 N–H and O–H groups in total. The molecule has 2 aromatic heterocycles. The van der Waals surface area contributed by atoms with E-state index in [0.29, 0.717) is 42.6 Å². The average molecular weight is 547 g/mol. The van der Waals surface area contributed by atoms with Crippen LogP contribution < -0.4 is 14.2 Å². The summed E-state index contributed by atoms with van der Waals surface area (Å²) in [5.74, 6) is 1.64. The van der Waals surface area contributed by atoms with Gasteiger partial charge in [-0.1, -0.05) is 6.07 Å². The van der Waals surface area contributed by atoms with Gasteiger partial charge in [0.05, 0.1) is 26.9 Å². The molecule has 1 aromatic carbocycles. The maximum absolute atomic E-state index is 13.8. The van der Waals surface area contributed by atoms with E-state index in [1.54, 1.807) is 42.1 Å². The van der Waals surface area contributed by atoms with Gasteiger partial charge in [0.25, 0.3) is 0 Å². The quantitative estimate of drug-likeness (QED) is 0.381. The highest BCUT2D eigenvalue weighted by atomic mass is 32.2. The van der Waals surface area contributed by atoms with E-state index in [2.05, 4.69) is 24.9 Å². The number of aromatic nitrogens is 5. The molecule has 3 atom stereocenters. The fourth-order valence-electron chi connectivity index (χ4n) is 4.24. The van der Waals surface area contributed by atoms with Crippen LogP contribution in [0.4, 0.5) is 5.95 Å². The van der Waals surface area contributed by atoms with E-state index in [-0.39, 0.29) is 23.8 Å². The molecule has 0 amide bonds. The number of anilines is 1. The van der Waals surface area contributed by atoms with Gasteiger partial charge >= 0.3 is 0 Å². The van der Waals surface area contributed by atoms with Crippen LogP contribution in [0, 0.1) is 6.92 Å². The summed E-state index contributed by atoms with van der Waals surface area (Å²) in [6, 6.07) is 5.30. The SMILES string of the molecule is COc1cccc(OC)c1-n1c(NS(=O)(=O)[C@@H](C)[C@@H](OC(C)C)c2ncc(C)cn2)nnc1[C@@H]1CCOC1. The topological polar surface area (TPSA) is 140 Å². The molecule has 0 radical (unpaired) electrons. The minimum absolute atomic E-state index is 0.00493. The molecule has 3 heterocycles. The second-order valence-electron chi connectivity index (χ2n) is 9.37. The molecule has 0 bridgehead atoms. The summed E-state index contributed by atoms with van der Waals surface area (Å²) in [6.07, 6.45) is 2.79. The van der Waals surface area contributed by atoms with Crippen molar-refractivity contribution >= 4 is 16.0 Å². The number of para-hydroxylation sites is 1. The number of ether oxygens (including phenoxy) is 4. The Morgan fingerprint density at radius 3 is 2.29 bits per heavy atom. The van der Waals surface area contributed by atoms with Gasteiger partial charge in [0.1, 0.15) is 34.4 Å². The molecule has 13 heteroatoms. The summed E-state index contributed by atoms with van der Waals surface area (Å²) in [6.45, 7) is 8.07. The van der Waals surface area contributed by atoms with Crippen LogP contribution in [0.25, 0.3) is 5.69 Å². The van der Waals surface area contributed by atoms with Crippen molar-refractivity contribution in [2.75, 3.05) is 32.2 Å². The lowest BCUT2D eigenvalue weighted by molar-refractivity contribution is 0.00152. The number of methoxy groups -OCH3 is 2. The van der Waals surface area contributed by atoms with Crippen molar-refractivity contribution in [3.05, 3.63) is 47.8 Å². The number of rotatable bonds is 11. The maximum atomic E-state index is 13.8. The Labute approximate surface area is 222 Å². The summed E-state index contributed by atoms with van der Waals surface area (Å²) in [5, 5.41) is 7.54. The average Bonchev–Trinajstić information content (AvgIpc) is 3.56. The van der Waals surface area contributed by atoms with Crippen molar-refractivity contribution in [2.45, 2.75) is 57.5 Å². The van der Waals surface area contributed by atoms with E-state index >= 15 is 0 Å². The zero-order chi connectivity index (χ0) is 27.4. The molecule has 12 nitrogen and oxygen atoms in total. The Bertz CT molecular complexity index is 1320. The summed E-state index contributed by atoms with van der Waals surface area (Å²) >= 11 is 0. The van der Waals surface area contributed by atoms with E-state index in [9.17, 15) is 8.42 Å². The Hall–Kier alpha value is -3.29. The van der Waals surface area contributed by atoms with Crippen LogP contribution >= 0.6 is 0 Å². The molecule has 206 valence electrons. The van der Waals surface area contributed by atoms with Crippen LogP contribution in [0.5, 0.6) is 11.5 Å². The molecule has 0 saturated carbocycles. The largest absolute Gasteiger partial charge is 0.494 e. The number of aryl methyl sites for hydroxylation is 1. The molecule has 0 aliphatic carbocycles. The molecule has 1 fully saturated rings. The zero-order valence-electron chi connectivity index (χ0n) is 22.4. The van der Waals surface area contributed by atoms with Crippen LogP contribution in [0.15, 0.2) is 30.6 Å². The van der Waals surface area contributed by atoms with Gasteiger partial charge in [-0.25, -0.2) is 18.4 Å². The first-order chi connectivity index (χ1) is 18.2. The highest BCUT2D eigenvalue weighted by Gasteiger charge is 2.37. The third-order valence-electron chi connectivity index (χ3n) is 6.23. The lowest BCUT2D eigenvalue weighted by Crippen LogP contribution is -2.35. The third kappa shape index (κ3) is 5.74. The highest BCUT2D eigenvalue weighted by molar-refractivity contribution is 7.93. The summed E-state index contributed by atoms with van der Waals surface area (Å²) in [4.78, 5) is 8.66. The van der Waals surface area contributed by atoms with Crippen molar-refractivity contribution in [1.29, 1.82) is 0 Å². The van der Waals surface area contributed by atoms with Crippen LogP contribution in [-0.4, -0.2) is 71.9 Å². The Kier molecular flexibility index (Phi) is 8.48. The van der Waals surface area contributed by atoms with Crippen molar-refractivity contribution in [3.63, 3.8) is 0 Å². The van der Waals surface area contributed by atoms with Crippen molar-refractivity contribution < 1.29 is 27.4 Å². The smallest absolute Gasteiger partial charge is 0.243 e. The van der Waals surface area contributed by atoms with Crippen LogP contribution in [0.2, 0.25) is 0 Å². The lowest BCUT2D eigenvalue weighted by atomic mass is 10.1. The zero-order valence-corrected chi connectivity index (χ0v) is 23.2. The molecule has 1 aliphatic heterocycles. The second-order valence-corrected chi connectivity index (χ2v) is 11.4. The molecule has 0 spiro atoms. The first-order valence-electron chi connectivity index (χ1n) is 12.4. The van der Waals surface area contributed by atoms with Gasteiger partial charge in [-0.15, -0.1) is 10.2 Å². The Balaban J connectivity index is 1.78. The summed E-state index contributed by atoms with van der Waals surface area (Å²) < 4.78 is 54.6. The molecule has 4 rings (SSSR count). The predicted molar refractivity (Wildman–Crippen MR) is 140 cm³/mol. The molecule has 1 aliphatic rings. The minimum Gasteiger partial charge on any atom is -0.494 e. The van der Waals surface area contributed by atoms with E-state index < -0.39 is 21.4 Å². The molecular formula is C25H34N6O6S.